The van der Waals surface area contributed by atoms with Gasteiger partial charge in [-0.25, -0.2) is 9.59 Å². The predicted molar refractivity (Wildman–Crippen MR) is 171 cm³/mol. The number of alkyl halides is 3. The van der Waals surface area contributed by atoms with E-state index in [2.05, 4.69) is 13.0 Å². The van der Waals surface area contributed by atoms with Gasteiger partial charge in [0.1, 0.15) is 11.5 Å². The predicted octanol–water partition coefficient (Wildman–Crippen LogP) is 10.7. The number of hydrogen-bond donors (Lipinski definition) is 0. The fourth-order valence-corrected chi connectivity index (χ4v) is 4.92. The van der Waals surface area contributed by atoms with Crippen LogP contribution in [0, 0.1) is 6.92 Å². The molecular weight excluding hydrogens is 581 g/mol. The molecule has 0 aromatic heterocycles. The molecule has 0 fully saturated rings. The molecule has 1 unspecified atom stereocenters. The quantitative estimate of drug-likeness (QED) is 0.0799. The van der Waals surface area contributed by atoms with E-state index in [-0.39, 0.29) is 17.7 Å². The number of carbonyl (C=O) groups excluding carboxylic acids is 2. The standard InChI is InChI=1S/C37H45F3O5/c1-4-6-8-10-11-13-25-43-33-24-21-31(26-27(33)3)28-15-17-29(18-16-28)35(41)44-32-22-19-30(20-23-32)36(42)45-34(37(38,39)40)14-12-9-7-5-2/h15-24,26,34H,4-14,25H2,1-3H3. The molecule has 0 N–H and O–H groups in total. The minimum atomic E-state index is -4.64. The van der Waals surface area contributed by atoms with Crippen LogP contribution in [0.4, 0.5) is 13.2 Å². The van der Waals surface area contributed by atoms with E-state index >= 15 is 0 Å². The van der Waals surface area contributed by atoms with Gasteiger partial charge in [-0.05, 0) is 91.4 Å². The van der Waals surface area contributed by atoms with Crippen molar-refractivity contribution in [2.24, 2.45) is 0 Å². The van der Waals surface area contributed by atoms with Crippen molar-refractivity contribution in [2.75, 3.05) is 6.61 Å². The van der Waals surface area contributed by atoms with Crippen LogP contribution in [0.25, 0.3) is 11.1 Å². The molecule has 0 saturated carbocycles. The Kier molecular flexibility index (Phi) is 14.4. The first-order valence-corrected chi connectivity index (χ1v) is 16.1. The lowest BCUT2D eigenvalue weighted by Crippen LogP contribution is -2.33. The molecule has 0 radical (unpaired) electrons. The highest BCUT2D eigenvalue weighted by atomic mass is 19.4. The summed E-state index contributed by atoms with van der Waals surface area (Å²) in [6.07, 6.45) is 2.88. The molecule has 0 aliphatic rings. The smallest absolute Gasteiger partial charge is 0.425 e. The number of rotatable bonds is 18. The van der Waals surface area contributed by atoms with Crippen molar-refractivity contribution in [1.82, 2.24) is 0 Å². The number of carbonyl (C=O) groups is 2. The zero-order valence-electron chi connectivity index (χ0n) is 26.6. The van der Waals surface area contributed by atoms with Crippen LogP contribution in [0.2, 0.25) is 0 Å². The highest BCUT2D eigenvalue weighted by molar-refractivity contribution is 5.92. The largest absolute Gasteiger partial charge is 0.493 e. The number of hydrogen-bond acceptors (Lipinski definition) is 5. The van der Waals surface area contributed by atoms with Gasteiger partial charge < -0.3 is 14.2 Å². The molecule has 1 atom stereocenters. The van der Waals surface area contributed by atoms with Crippen LogP contribution in [0.3, 0.4) is 0 Å². The van der Waals surface area contributed by atoms with Gasteiger partial charge in [-0.15, -0.1) is 0 Å². The molecule has 3 rings (SSSR count). The summed E-state index contributed by atoms with van der Waals surface area (Å²) in [6, 6.07) is 18.3. The van der Waals surface area contributed by atoms with E-state index < -0.39 is 24.2 Å². The van der Waals surface area contributed by atoms with Gasteiger partial charge in [-0.1, -0.05) is 83.4 Å². The Balaban J connectivity index is 1.52. The zero-order valence-corrected chi connectivity index (χ0v) is 26.6. The molecular formula is C37H45F3O5. The van der Waals surface area contributed by atoms with E-state index in [1.165, 1.54) is 56.4 Å². The molecule has 3 aromatic rings. The van der Waals surface area contributed by atoms with Gasteiger partial charge in [0, 0.05) is 0 Å². The summed E-state index contributed by atoms with van der Waals surface area (Å²) in [4.78, 5) is 25.1. The SMILES string of the molecule is CCCCCCCCOc1ccc(-c2ccc(C(=O)Oc3ccc(C(=O)OC(CCCCCC)C(F)(F)F)cc3)cc2)cc1C. The third kappa shape index (κ3) is 11.9. The number of unbranched alkanes of at least 4 members (excludes halogenated alkanes) is 8. The van der Waals surface area contributed by atoms with Crippen LogP contribution >= 0.6 is 0 Å². The molecule has 45 heavy (non-hydrogen) atoms. The third-order valence-electron chi connectivity index (χ3n) is 7.62. The highest BCUT2D eigenvalue weighted by Crippen LogP contribution is 2.29. The van der Waals surface area contributed by atoms with Gasteiger partial charge in [0.15, 0.2) is 6.10 Å². The Morgan fingerprint density at radius 2 is 1.24 bits per heavy atom. The Bertz CT molecular complexity index is 1330. The van der Waals surface area contributed by atoms with E-state index in [1.807, 2.05) is 38.1 Å². The van der Waals surface area contributed by atoms with Crippen molar-refractivity contribution < 1.29 is 37.0 Å². The number of esters is 2. The Labute approximate surface area is 265 Å². The monoisotopic (exact) mass is 626 g/mol. The molecule has 0 saturated heterocycles. The molecule has 0 aliphatic heterocycles. The Hall–Kier alpha value is -3.81. The number of ether oxygens (including phenoxy) is 3. The first-order chi connectivity index (χ1) is 21.6. The summed E-state index contributed by atoms with van der Waals surface area (Å²) in [5.41, 5.74) is 3.23. The second kappa shape index (κ2) is 18.2. The average molecular weight is 627 g/mol. The molecule has 244 valence electrons. The molecule has 0 heterocycles. The minimum Gasteiger partial charge on any atom is -0.493 e. The maximum Gasteiger partial charge on any atom is 0.425 e. The molecule has 0 bridgehead atoms. The van der Waals surface area contributed by atoms with E-state index in [9.17, 15) is 22.8 Å². The van der Waals surface area contributed by atoms with Gasteiger partial charge in [-0.2, -0.15) is 13.2 Å². The second-order valence-corrected chi connectivity index (χ2v) is 11.4. The molecule has 3 aromatic carbocycles. The summed E-state index contributed by atoms with van der Waals surface area (Å²) >= 11 is 0. The van der Waals surface area contributed by atoms with E-state index in [4.69, 9.17) is 14.2 Å². The Morgan fingerprint density at radius 3 is 1.87 bits per heavy atom. The molecule has 5 nitrogen and oxygen atoms in total. The first kappa shape index (κ1) is 35.7. The van der Waals surface area contributed by atoms with Crippen molar-refractivity contribution in [2.45, 2.75) is 104 Å². The van der Waals surface area contributed by atoms with E-state index in [0.29, 0.717) is 25.0 Å². The summed E-state index contributed by atoms with van der Waals surface area (Å²) in [7, 11) is 0. The van der Waals surface area contributed by atoms with Gasteiger partial charge in [0.05, 0.1) is 17.7 Å². The van der Waals surface area contributed by atoms with Crippen LogP contribution in [0.15, 0.2) is 66.7 Å². The van der Waals surface area contributed by atoms with Crippen molar-refractivity contribution >= 4 is 11.9 Å². The van der Waals surface area contributed by atoms with E-state index in [0.717, 1.165) is 41.7 Å². The lowest BCUT2D eigenvalue weighted by Gasteiger charge is -2.20. The van der Waals surface area contributed by atoms with Crippen LogP contribution in [0.5, 0.6) is 11.5 Å². The van der Waals surface area contributed by atoms with Gasteiger partial charge in [0.2, 0.25) is 0 Å². The maximum atomic E-state index is 13.4. The van der Waals surface area contributed by atoms with Crippen LogP contribution in [-0.4, -0.2) is 30.8 Å². The van der Waals surface area contributed by atoms with Crippen molar-refractivity contribution in [1.29, 1.82) is 0 Å². The second-order valence-electron chi connectivity index (χ2n) is 11.4. The van der Waals surface area contributed by atoms with E-state index in [1.54, 1.807) is 12.1 Å². The van der Waals surface area contributed by atoms with Crippen molar-refractivity contribution in [3.8, 4) is 22.6 Å². The molecule has 0 spiro atoms. The molecule has 0 aliphatic carbocycles. The normalized spacial score (nSPS) is 12.0. The topological polar surface area (TPSA) is 61.8 Å². The highest BCUT2D eigenvalue weighted by Gasteiger charge is 2.42. The fraction of sp³-hybridized carbons (Fsp3) is 0.459. The van der Waals surface area contributed by atoms with Crippen molar-refractivity contribution in [3.05, 3.63) is 83.4 Å². The molecule has 8 heteroatoms. The number of benzene rings is 3. The maximum absolute atomic E-state index is 13.4. The van der Waals surface area contributed by atoms with Gasteiger partial charge >= 0.3 is 18.1 Å². The van der Waals surface area contributed by atoms with Crippen molar-refractivity contribution in [3.63, 3.8) is 0 Å². The number of halogens is 3. The summed E-state index contributed by atoms with van der Waals surface area (Å²) < 4.78 is 56.3. The first-order valence-electron chi connectivity index (χ1n) is 16.1. The van der Waals surface area contributed by atoms with Crippen LogP contribution in [-0.2, 0) is 4.74 Å². The Morgan fingerprint density at radius 1 is 0.689 bits per heavy atom. The van der Waals surface area contributed by atoms with Gasteiger partial charge in [0.25, 0.3) is 0 Å². The lowest BCUT2D eigenvalue weighted by atomic mass is 10.0. The summed E-state index contributed by atoms with van der Waals surface area (Å²) in [6.45, 7) is 6.89. The minimum absolute atomic E-state index is 0.0592. The summed E-state index contributed by atoms with van der Waals surface area (Å²) in [5, 5.41) is 0. The average Bonchev–Trinajstić information content (AvgIpc) is 3.02. The van der Waals surface area contributed by atoms with Crippen LogP contribution in [0.1, 0.15) is 111 Å². The fourth-order valence-electron chi connectivity index (χ4n) is 4.92. The summed E-state index contributed by atoms with van der Waals surface area (Å²) in [5.74, 6) is -0.654. The number of aryl methyl sites for hydroxylation is 1. The third-order valence-corrected chi connectivity index (χ3v) is 7.62. The van der Waals surface area contributed by atoms with Crippen LogP contribution < -0.4 is 9.47 Å². The van der Waals surface area contributed by atoms with Gasteiger partial charge in [-0.3, -0.25) is 0 Å². The lowest BCUT2D eigenvalue weighted by molar-refractivity contribution is -0.206. The molecule has 0 amide bonds. The zero-order chi connectivity index (χ0) is 32.7.